The molecule has 3 fully saturated rings. The number of halogens is 1. The van der Waals surface area contributed by atoms with Gasteiger partial charge in [-0.2, -0.15) is 5.26 Å². The Labute approximate surface area is 203 Å². The van der Waals surface area contributed by atoms with Gasteiger partial charge in [-0.25, -0.2) is 9.18 Å². The van der Waals surface area contributed by atoms with Gasteiger partial charge in [0, 0.05) is 31.0 Å². The van der Waals surface area contributed by atoms with Crippen LogP contribution in [0.4, 0.5) is 4.39 Å². The van der Waals surface area contributed by atoms with Crippen LogP contribution in [0.3, 0.4) is 0 Å². The van der Waals surface area contributed by atoms with Crippen molar-refractivity contribution >= 4 is 11.8 Å². The Morgan fingerprint density at radius 2 is 2.06 bits per heavy atom. The minimum atomic E-state index is -0.638. The zero-order valence-corrected chi connectivity index (χ0v) is 19.5. The van der Waals surface area contributed by atoms with Crippen LogP contribution in [-0.4, -0.2) is 36.9 Å². The summed E-state index contributed by atoms with van der Waals surface area (Å²) in [5.41, 5.74) is 2.73. The number of piperidine rings is 1. The van der Waals surface area contributed by atoms with E-state index in [1.54, 1.807) is 12.1 Å². The Hall–Kier alpha value is -3.08. The summed E-state index contributed by atoms with van der Waals surface area (Å²) in [4.78, 5) is 25.1. The number of ether oxygens (including phenoxy) is 1. The largest absolute Gasteiger partial charge is 0.449 e. The van der Waals surface area contributed by atoms with E-state index >= 15 is 4.39 Å². The number of Topliss-reactive ketones (excluding diaryl/α,β-unsaturated/α-hetero) is 1. The van der Waals surface area contributed by atoms with Gasteiger partial charge >= 0.3 is 5.97 Å². The fourth-order valence-corrected chi connectivity index (χ4v) is 6.46. The van der Waals surface area contributed by atoms with Crippen molar-refractivity contribution < 1.29 is 18.7 Å². The van der Waals surface area contributed by atoms with Crippen LogP contribution in [0.5, 0.6) is 0 Å². The number of nitrogens with one attached hydrogen (secondary N) is 2. The molecule has 7 heteroatoms. The van der Waals surface area contributed by atoms with Crippen LogP contribution in [0.15, 0.2) is 36.4 Å². The second-order valence-electron chi connectivity index (χ2n) is 10.5. The van der Waals surface area contributed by atoms with Crippen molar-refractivity contribution in [2.75, 3.05) is 13.1 Å². The second kappa shape index (κ2) is 8.54. The fraction of sp³-hybridized carbons (Fsp3) is 0.464. The molecule has 4 aliphatic rings. The van der Waals surface area contributed by atoms with Gasteiger partial charge in [-0.05, 0) is 73.0 Å². The molecule has 1 saturated carbocycles. The number of carbonyl (C=O) groups excluding carboxylic acids is 2. The minimum absolute atomic E-state index is 0.0750. The van der Waals surface area contributed by atoms with Crippen molar-refractivity contribution in [3.63, 3.8) is 0 Å². The van der Waals surface area contributed by atoms with E-state index in [0.717, 1.165) is 36.9 Å². The lowest BCUT2D eigenvalue weighted by molar-refractivity contribution is -0.122. The average molecular weight is 474 g/mol. The predicted octanol–water partition coefficient (Wildman–Crippen LogP) is 3.63. The maximum Gasteiger partial charge on any atom is 0.339 e. The van der Waals surface area contributed by atoms with E-state index in [0.29, 0.717) is 41.6 Å². The zero-order valence-electron chi connectivity index (χ0n) is 19.5. The Bertz CT molecular complexity index is 1250. The molecule has 0 amide bonds. The highest BCUT2D eigenvalue weighted by Gasteiger charge is 2.47. The van der Waals surface area contributed by atoms with Gasteiger partial charge in [-0.1, -0.05) is 18.2 Å². The number of esters is 1. The van der Waals surface area contributed by atoms with Crippen LogP contribution in [-0.2, 0) is 21.6 Å². The number of ketones is 1. The molecule has 1 unspecified atom stereocenters. The Kier molecular flexibility index (Phi) is 5.46. The Morgan fingerprint density at radius 1 is 1.23 bits per heavy atom. The van der Waals surface area contributed by atoms with Gasteiger partial charge in [-0.15, -0.1) is 0 Å². The highest BCUT2D eigenvalue weighted by atomic mass is 19.1. The van der Waals surface area contributed by atoms with Crippen molar-refractivity contribution in [1.82, 2.24) is 10.6 Å². The van der Waals surface area contributed by atoms with Gasteiger partial charge in [0.05, 0.1) is 23.6 Å². The van der Waals surface area contributed by atoms with Crippen LogP contribution >= 0.6 is 0 Å². The maximum atomic E-state index is 15.1. The van der Waals surface area contributed by atoms with Crippen molar-refractivity contribution in [3.8, 4) is 17.2 Å². The first kappa shape index (κ1) is 22.4. The van der Waals surface area contributed by atoms with Crippen molar-refractivity contribution in [3.05, 3.63) is 58.9 Å². The number of fused-ring (bicyclic) bond motifs is 4. The Balaban J connectivity index is 1.19. The van der Waals surface area contributed by atoms with Crippen LogP contribution in [0.1, 0.15) is 53.6 Å². The summed E-state index contributed by atoms with van der Waals surface area (Å²) in [6.45, 7) is 1.36. The van der Waals surface area contributed by atoms with Gasteiger partial charge in [0.2, 0.25) is 0 Å². The van der Waals surface area contributed by atoms with E-state index in [9.17, 15) is 14.9 Å². The number of rotatable bonds is 6. The summed E-state index contributed by atoms with van der Waals surface area (Å²) in [6, 6.07) is 13.0. The molecule has 2 saturated heterocycles. The second-order valence-corrected chi connectivity index (χ2v) is 10.5. The molecular weight excluding hydrogens is 445 g/mol. The van der Waals surface area contributed by atoms with Crippen molar-refractivity contribution in [2.45, 2.75) is 56.2 Å². The summed E-state index contributed by atoms with van der Waals surface area (Å²) < 4.78 is 20.8. The first-order chi connectivity index (χ1) is 17.0. The molecule has 2 aromatic carbocycles. The van der Waals surface area contributed by atoms with Crippen LogP contribution in [0.25, 0.3) is 11.1 Å². The number of hydrogen-bond acceptors (Lipinski definition) is 6. The zero-order chi connectivity index (χ0) is 24.2. The molecule has 3 heterocycles. The smallest absolute Gasteiger partial charge is 0.339 e. The molecular formula is C28H28FN3O3. The lowest BCUT2D eigenvalue weighted by atomic mass is 9.87. The van der Waals surface area contributed by atoms with E-state index in [1.165, 1.54) is 6.07 Å². The molecule has 2 bridgehead atoms. The normalized spacial score (nSPS) is 29.3. The van der Waals surface area contributed by atoms with E-state index < -0.39 is 17.3 Å². The van der Waals surface area contributed by atoms with E-state index in [4.69, 9.17) is 4.74 Å². The molecule has 180 valence electrons. The number of carbonyl (C=O) groups is 2. The van der Waals surface area contributed by atoms with Crippen molar-refractivity contribution in [1.29, 1.82) is 5.26 Å². The lowest BCUT2D eigenvalue weighted by Gasteiger charge is -2.23. The quantitative estimate of drug-likeness (QED) is 0.623. The van der Waals surface area contributed by atoms with Gasteiger partial charge in [0.25, 0.3) is 0 Å². The third-order valence-electron chi connectivity index (χ3n) is 8.32. The van der Waals surface area contributed by atoms with Crippen LogP contribution in [0, 0.1) is 29.0 Å². The third-order valence-corrected chi connectivity index (χ3v) is 8.32. The van der Waals surface area contributed by atoms with Crippen LogP contribution in [0.2, 0.25) is 0 Å². The minimum Gasteiger partial charge on any atom is -0.449 e. The van der Waals surface area contributed by atoms with Gasteiger partial charge < -0.3 is 15.4 Å². The molecule has 1 spiro atoms. The topological polar surface area (TPSA) is 91.2 Å². The molecule has 2 N–H and O–H groups in total. The summed E-state index contributed by atoms with van der Waals surface area (Å²) in [7, 11) is 0. The fourth-order valence-electron chi connectivity index (χ4n) is 6.46. The molecule has 2 aromatic rings. The molecule has 35 heavy (non-hydrogen) atoms. The highest BCUT2D eigenvalue weighted by molar-refractivity contribution is 5.95. The summed E-state index contributed by atoms with van der Waals surface area (Å²) in [5.74, 6) is -0.796. The standard InChI is InChI=1S/C28H28FN3O3/c29-24-13-18(17-4-6-22-23(12-17)28(35-27(22)34)7-8-31-15-28)1-2-19(24)9-16(14-30)10-25(33)26-20-3-5-21(11-20)32-26/h1-2,4,6,12-13,16,20-21,26,31-32H,3,5,7-11,15H2/t16-,20+,21-,26+,28?/m1/s1. The SMILES string of the molecule is N#C[C@@H](CC(=O)[C@H]1N[C@@H]2CC[C@H]1C2)Cc1ccc(-c2ccc3c(c2)C2(CCNC2)OC3=O)cc1F. The first-order valence-corrected chi connectivity index (χ1v) is 12.5. The number of nitrogens with zero attached hydrogens (tertiary/aromatic N) is 1. The Morgan fingerprint density at radius 3 is 2.74 bits per heavy atom. The van der Waals surface area contributed by atoms with Gasteiger partial charge in [-0.3, -0.25) is 4.79 Å². The maximum absolute atomic E-state index is 15.1. The van der Waals surface area contributed by atoms with Gasteiger partial charge in [0.1, 0.15) is 5.82 Å². The predicted molar refractivity (Wildman–Crippen MR) is 127 cm³/mol. The molecule has 5 atom stereocenters. The molecule has 3 aliphatic heterocycles. The van der Waals surface area contributed by atoms with E-state index in [-0.39, 0.29) is 30.6 Å². The molecule has 0 radical (unpaired) electrons. The van der Waals surface area contributed by atoms with E-state index in [2.05, 4.69) is 16.7 Å². The summed E-state index contributed by atoms with van der Waals surface area (Å²) >= 11 is 0. The van der Waals surface area contributed by atoms with Crippen molar-refractivity contribution in [2.24, 2.45) is 11.8 Å². The third kappa shape index (κ3) is 3.85. The van der Waals surface area contributed by atoms with Gasteiger partial charge in [0.15, 0.2) is 11.4 Å². The number of hydrogen-bond donors (Lipinski definition) is 2. The van der Waals surface area contributed by atoms with Crippen LogP contribution < -0.4 is 10.6 Å². The average Bonchev–Trinajstić information content (AvgIpc) is 3.66. The number of benzene rings is 2. The summed E-state index contributed by atoms with van der Waals surface area (Å²) in [6.07, 6.45) is 4.31. The lowest BCUT2D eigenvalue weighted by Crippen LogP contribution is -2.42. The summed E-state index contributed by atoms with van der Waals surface area (Å²) in [5, 5.41) is 16.3. The molecule has 1 aliphatic carbocycles. The monoisotopic (exact) mass is 473 g/mol. The molecule has 6 rings (SSSR count). The highest BCUT2D eigenvalue weighted by Crippen LogP contribution is 2.42. The molecule has 0 aromatic heterocycles. The number of nitriles is 1. The van der Waals surface area contributed by atoms with E-state index in [1.807, 2.05) is 18.2 Å². The first-order valence-electron chi connectivity index (χ1n) is 12.5. The molecule has 6 nitrogen and oxygen atoms in total.